The lowest BCUT2D eigenvalue weighted by atomic mass is 10.0. The minimum absolute atomic E-state index is 0.0407. The van der Waals surface area contributed by atoms with E-state index in [9.17, 15) is 9.59 Å². The van der Waals surface area contributed by atoms with Crippen LogP contribution in [0.25, 0.3) is 0 Å². The summed E-state index contributed by atoms with van der Waals surface area (Å²) in [6.45, 7) is 1.76. The summed E-state index contributed by atoms with van der Waals surface area (Å²) >= 11 is 0. The fourth-order valence-electron chi connectivity index (χ4n) is 1.42. The zero-order valence-electron chi connectivity index (χ0n) is 9.97. The molecule has 0 saturated heterocycles. The smallest absolute Gasteiger partial charge is 0.407 e. The molecule has 1 rings (SSSR count). The maximum atomic E-state index is 11.7. The molecule has 0 spiro atoms. The van der Waals surface area contributed by atoms with E-state index in [-0.39, 0.29) is 5.78 Å². The Hall–Kier alpha value is -1.91. The van der Waals surface area contributed by atoms with E-state index < -0.39 is 12.1 Å². The predicted octanol–water partition coefficient (Wildman–Crippen LogP) is 1.33. The number of hydrogen-bond acceptors (Lipinski definition) is 4. The van der Waals surface area contributed by atoms with Gasteiger partial charge in [-0.05, 0) is 12.1 Å². The van der Waals surface area contributed by atoms with Crippen LogP contribution in [-0.2, 0) is 16.0 Å². The van der Waals surface area contributed by atoms with Crippen LogP contribution in [0, 0.1) is 0 Å². The van der Waals surface area contributed by atoms with Crippen molar-refractivity contribution in [2.75, 3.05) is 7.11 Å². The van der Waals surface area contributed by atoms with Crippen molar-refractivity contribution in [1.29, 1.82) is 0 Å². The van der Waals surface area contributed by atoms with Crippen molar-refractivity contribution in [3.05, 3.63) is 30.1 Å². The molecule has 1 amide bonds. The molecule has 0 radical (unpaired) electrons. The van der Waals surface area contributed by atoms with Crippen LogP contribution in [0.5, 0.6) is 0 Å². The number of ether oxygens (including phenoxy) is 1. The normalized spacial score (nSPS) is 11.6. The molecule has 0 aliphatic heterocycles. The number of nitrogens with zero attached hydrogens (tertiary/aromatic N) is 1. The molecule has 0 aliphatic rings. The first-order valence-corrected chi connectivity index (χ1v) is 5.44. The number of pyridine rings is 1. The highest BCUT2D eigenvalue weighted by molar-refractivity contribution is 5.87. The number of nitrogens with one attached hydrogen (secondary N) is 1. The van der Waals surface area contributed by atoms with Crippen molar-refractivity contribution in [2.45, 2.75) is 25.8 Å². The van der Waals surface area contributed by atoms with Crippen LogP contribution in [-0.4, -0.2) is 30.0 Å². The molecule has 0 fully saturated rings. The molecular formula is C12H16N2O3. The highest BCUT2D eigenvalue weighted by Crippen LogP contribution is 2.03. The highest BCUT2D eigenvalue weighted by atomic mass is 16.5. The van der Waals surface area contributed by atoms with Crippen molar-refractivity contribution in [3.63, 3.8) is 0 Å². The van der Waals surface area contributed by atoms with Gasteiger partial charge in [-0.25, -0.2) is 4.79 Å². The first-order chi connectivity index (χ1) is 8.17. The van der Waals surface area contributed by atoms with Gasteiger partial charge in [0.15, 0.2) is 5.78 Å². The van der Waals surface area contributed by atoms with Gasteiger partial charge in [-0.2, -0.15) is 0 Å². The fourth-order valence-corrected chi connectivity index (χ4v) is 1.42. The topological polar surface area (TPSA) is 68.3 Å². The van der Waals surface area contributed by atoms with Crippen LogP contribution in [0.2, 0.25) is 0 Å². The number of carbonyl (C=O) groups is 2. The molecular weight excluding hydrogens is 220 g/mol. The second kappa shape index (κ2) is 6.62. The number of Topliss-reactive ketones (excluding diaryl/α,β-unsaturated/α-hetero) is 1. The summed E-state index contributed by atoms with van der Waals surface area (Å²) in [5.74, 6) is -0.0407. The SMILES string of the molecule is CCC(=O)[C@H](Cc1ccccn1)NC(=O)OC. The quantitative estimate of drug-likeness (QED) is 0.837. The Morgan fingerprint density at radius 3 is 2.76 bits per heavy atom. The molecule has 1 aromatic heterocycles. The lowest BCUT2D eigenvalue weighted by molar-refractivity contribution is -0.120. The lowest BCUT2D eigenvalue weighted by Gasteiger charge is -2.15. The van der Waals surface area contributed by atoms with Crippen molar-refractivity contribution < 1.29 is 14.3 Å². The minimum atomic E-state index is -0.604. The molecule has 0 aliphatic carbocycles. The van der Waals surface area contributed by atoms with Gasteiger partial charge in [-0.3, -0.25) is 9.78 Å². The number of methoxy groups -OCH3 is 1. The van der Waals surface area contributed by atoms with E-state index in [2.05, 4.69) is 15.0 Å². The monoisotopic (exact) mass is 236 g/mol. The van der Waals surface area contributed by atoms with Gasteiger partial charge in [-0.15, -0.1) is 0 Å². The van der Waals surface area contributed by atoms with Gasteiger partial charge < -0.3 is 10.1 Å². The molecule has 0 unspecified atom stereocenters. The molecule has 1 atom stereocenters. The van der Waals surface area contributed by atoms with E-state index in [4.69, 9.17) is 0 Å². The average molecular weight is 236 g/mol. The second-order valence-electron chi connectivity index (χ2n) is 3.53. The summed E-state index contributed by atoms with van der Waals surface area (Å²) < 4.78 is 4.49. The molecule has 0 saturated carbocycles. The van der Waals surface area contributed by atoms with Gasteiger partial charge in [0.25, 0.3) is 0 Å². The molecule has 1 aromatic rings. The average Bonchev–Trinajstić information content (AvgIpc) is 2.38. The Morgan fingerprint density at radius 1 is 1.47 bits per heavy atom. The van der Waals surface area contributed by atoms with Gasteiger partial charge in [0, 0.05) is 24.7 Å². The molecule has 1 N–H and O–H groups in total. The Bertz CT molecular complexity index is 379. The first-order valence-electron chi connectivity index (χ1n) is 5.44. The molecule has 5 nitrogen and oxygen atoms in total. The van der Waals surface area contributed by atoms with E-state index in [0.717, 1.165) is 5.69 Å². The second-order valence-corrected chi connectivity index (χ2v) is 3.53. The first kappa shape index (κ1) is 13.2. The summed E-state index contributed by atoms with van der Waals surface area (Å²) in [6.07, 6.45) is 1.79. The van der Waals surface area contributed by atoms with Crippen molar-refractivity contribution >= 4 is 11.9 Å². The zero-order valence-corrected chi connectivity index (χ0v) is 9.97. The largest absolute Gasteiger partial charge is 0.453 e. The van der Waals surface area contributed by atoms with Crippen LogP contribution in [0.15, 0.2) is 24.4 Å². The number of alkyl carbamates (subject to hydrolysis) is 1. The summed E-state index contributed by atoms with van der Waals surface area (Å²) in [4.78, 5) is 26.9. The van der Waals surface area contributed by atoms with Gasteiger partial charge in [0.05, 0.1) is 13.2 Å². The van der Waals surface area contributed by atoms with Crippen LogP contribution in [0.1, 0.15) is 19.0 Å². The third-order valence-corrected chi connectivity index (χ3v) is 2.35. The van der Waals surface area contributed by atoms with E-state index in [0.29, 0.717) is 12.8 Å². The number of carbonyl (C=O) groups excluding carboxylic acids is 2. The van der Waals surface area contributed by atoms with Crippen LogP contribution in [0.3, 0.4) is 0 Å². The highest BCUT2D eigenvalue weighted by Gasteiger charge is 2.20. The number of aromatic nitrogens is 1. The van der Waals surface area contributed by atoms with Crippen LogP contribution in [0.4, 0.5) is 4.79 Å². The number of amides is 1. The van der Waals surface area contributed by atoms with E-state index in [1.807, 2.05) is 12.1 Å². The summed E-state index contributed by atoms with van der Waals surface area (Å²) in [5, 5.41) is 2.52. The van der Waals surface area contributed by atoms with Gasteiger partial charge in [-0.1, -0.05) is 13.0 Å². The summed E-state index contributed by atoms with van der Waals surface area (Å²) in [6, 6.07) is 4.87. The van der Waals surface area contributed by atoms with Gasteiger partial charge in [0.2, 0.25) is 0 Å². The summed E-state index contributed by atoms with van der Waals surface area (Å²) in [7, 11) is 1.27. The Morgan fingerprint density at radius 2 is 2.24 bits per heavy atom. The van der Waals surface area contributed by atoms with Crippen LogP contribution < -0.4 is 5.32 Å². The van der Waals surface area contributed by atoms with Crippen molar-refractivity contribution in [1.82, 2.24) is 10.3 Å². The lowest BCUT2D eigenvalue weighted by Crippen LogP contribution is -2.42. The van der Waals surface area contributed by atoms with Crippen molar-refractivity contribution in [2.24, 2.45) is 0 Å². The molecule has 92 valence electrons. The number of ketones is 1. The zero-order chi connectivity index (χ0) is 12.7. The number of rotatable bonds is 5. The van der Waals surface area contributed by atoms with Gasteiger partial charge >= 0.3 is 6.09 Å². The third-order valence-electron chi connectivity index (χ3n) is 2.35. The molecule has 0 bridgehead atoms. The minimum Gasteiger partial charge on any atom is -0.453 e. The number of hydrogen-bond donors (Lipinski definition) is 1. The fraction of sp³-hybridized carbons (Fsp3) is 0.417. The van der Waals surface area contributed by atoms with E-state index in [1.54, 1.807) is 19.2 Å². The standard InChI is InChI=1S/C12H16N2O3/c1-3-11(15)10(14-12(16)17-2)8-9-6-4-5-7-13-9/h4-7,10H,3,8H2,1-2H3,(H,14,16)/t10-/m0/s1. The van der Waals surface area contributed by atoms with Gasteiger partial charge in [0.1, 0.15) is 0 Å². The maximum Gasteiger partial charge on any atom is 0.407 e. The Labute approximate surface area is 100 Å². The van der Waals surface area contributed by atoms with Crippen LogP contribution >= 0.6 is 0 Å². The Balaban J connectivity index is 2.70. The third kappa shape index (κ3) is 4.22. The molecule has 5 heteroatoms. The maximum absolute atomic E-state index is 11.7. The molecule has 0 aromatic carbocycles. The van der Waals surface area contributed by atoms with E-state index in [1.165, 1.54) is 7.11 Å². The summed E-state index contributed by atoms with van der Waals surface area (Å²) in [5.41, 5.74) is 0.760. The van der Waals surface area contributed by atoms with E-state index >= 15 is 0 Å². The Kier molecular flexibility index (Phi) is 5.13. The molecule has 1 heterocycles. The predicted molar refractivity (Wildman–Crippen MR) is 62.6 cm³/mol. The molecule has 17 heavy (non-hydrogen) atoms. The van der Waals surface area contributed by atoms with Crippen molar-refractivity contribution in [3.8, 4) is 0 Å².